The monoisotopic (exact) mass is 405 g/mol. The van der Waals surface area contributed by atoms with E-state index in [1.165, 1.54) is 23.3 Å². The molecule has 3 atom stereocenters. The van der Waals surface area contributed by atoms with Crippen molar-refractivity contribution in [2.24, 2.45) is 0 Å². The van der Waals surface area contributed by atoms with Crippen LogP contribution < -0.4 is 5.32 Å². The molecule has 4 rings (SSSR count). The average molecular weight is 405 g/mol. The van der Waals surface area contributed by atoms with Gasteiger partial charge in [-0.25, -0.2) is 4.39 Å². The van der Waals surface area contributed by atoms with Gasteiger partial charge in [0.25, 0.3) is 0 Å². The van der Waals surface area contributed by atoms with Crippen LogP contribution in [-0.2, 0) is 30.3 Å². The lowest BCUT2D eigenvalue weighted by molar-refractivity contribution is -0.228. The smallest absolute Gasteiger partial charge is 0.313 e. The van der Waals surface area contributed by atoms with Gasteiger partial charge in [0.1, 0.15) is 0 Å². The molecule has 1 heterocycles. The molecule has 1 saturated heterocycles. The van der Waals surface area contributed by atoms with Crippen LogP contribution in [0.5, 0.6) is 0 Å². The van der Waals surface area contributed by atoms with Gasteiger partial charge in [-0.05, 0) is 73.4 Å². The summed E-state index contributed by atoms with van der Waals surface area (Å²) < 4.78 is 54.2. The summed E-state index contributed by atoms with van der Waals surface area (Å²) in [5, 5.41) is 3.60. The average Bonchev–Trinajstić information content (AvgIpc) is 3.11. The maximum absolute atomic E-state index is 14.5. The molecule has 0 aromatic heterocycles. The summed E-state index contributed by atoms with van der Waals surface area (Å²) in [5.74, 6) is 0. The Kier molecular flexibility index (Phi) is 5.01. The Morgan fingerprint density at radius 3 is 2.38 bits per heavy atom. The summed E-state index contributed by atoms with van der Waals surface area (Å²) in [6.07, 6.45) is -0.628. The first-order valence-corrected chi connectivity index (χ1v) is 10.4. The zero-order chi connectivity index (χ0) is 20.9. The fourth-order valence-electron chi connectivity index (χ4n) is 5.15. The minimum Gasteiger partial charge on any atom is -0.313 e. The van der Waals surface area contributed by atoms with Gasteiger partial charge in [0.05, 0.1) is 0 Å². The molecule has 0 radical (unpaired) electrons. The second-order valence-electron chi connectivity index (χ2n) is 8.67. The van der Waals surface area contributed by atoms with E-state index >= 15 is 0 Å². The summed E-state index contributed by atoms with van der Waals surface area (Å²) in [6.45, 7) is 3.63. The molecule has 5 heteroatoms. The quantitative estimate of drug-likeness (QED) is 0.636. The van der Waals surface area contributed by atoms with Crippen molar-refractivity contribution in [2.45, 2.75) is 69.3 Å². The lowest BCUT2D eigenvalue weighted by Crippen LogP contribution is -2.46. The third kappa shape index (κ3) is 3.37. The molecule has 3 unspecified atom stereocenters. The summed E-state index contributed by atoms with van der Waals surface area (Å²) in [5.41, 5.74) is 0.686. The van der Waals surface area contributed by atoms with Gasteiger partial charge in [0.2, 0.25) is 5.67 Å². The zero-order valence-electron chi connectivity index (χ0n) is 16.9. The molecule has 1 fully saturated rings. The van der Waals surface area contributed by atoms with E-state index in [-0.39, 0.29) is 11.0 Å². The van der Waals surface area contributed by atoms with Gasteiger partial charge in [-0.15, -0.1) is 0 Å². The van der Waals surface area contributed by atoms with E-state index < -0.39 is 11.8 Å². The summed E-state index contributed by atoms with van der Waals surface area (Å²) in [4.78, 5) is 0. The van der Waals surface area contributed by atoms with Gasteiger partial charge < -0.3 is 5.32 Å². The van der Waals surface area contributed by atoms with Crippen molar-refractivity contribution in [3.05, 3.63) is 70.3 Å². The molecule has 29 heavy (non-hydrogen) atoms. The highest BCUT2D eigenvalue weighted by molar-refractivity contribution is 5.46. The van der Waals surface area contributed by atoms with Gasteiger partial charge in [0.15, 0.2) is 0 Å². The van der Waals surface area contributed by atoms with E-state index in [4.69, 9.17) is 0 Å². The predicted molar refractivity (Wildman–Crippen MR) is 107 cm³/mol. The van der Waals surface area contributed by atoms with Crippen molar-refractivity contribution in [1.82, 2.24) is 5.32 Å². The van der Waals surface area contributed by atoms with Crippen LogP contribution in [0.15, 0.2) is 42.5 Å². The highest BCUT2D eigenvalue weighted by atomic mass is 19.4. The molecule has 0 amide bonds. The highest BCUT2D eigenvalue weighted by Gasteiger charge is 2.54. The first-order chi connectivity index (χ1) is 13.7. The Morgan fingerprint density at radius 1 is 1.03 bits per heavy atom. The molecule has 1 nitrogen and oxygen atoms in total. The van der Waals surface area contributed by atoms with Gasteiger partial charge >= 0.3 is 6.18 Å². The number of nitrogens with one attached hydrogen (secondary N) is 1. The van der Waals surface area contributed by atoms with E-state index in [1.54, 1.807) is 6.07 Å². The van der Waals surface area contributed by atoms with Crippen LogP contribution in [0.4, 0.5) is 17.6 Å². The highest BCUT2D eigenvalue weighted by Crippen LogP contribution is 2.48. The van der Waals surface area contributed by atoms with E-state index in [2.05, 4.69) is 36.5 Å². The van der Waals surface area contributed by atoms with Crippen molar-refractivity contribution in [1.29, 1.82) is 0 Å². The third-order valence-electron chi connectivity index (χ3n) is 7.00. The zero-order valence-corrected chi connectivity index (χ0v) is 16.9. The Hall–Kier alpha value is -1.88. The largest absolute Gasteiger partial charge is 0.426 e. The van der Waals surface area contributed by atoms with E-state index in [0.717, 1.165) is 43.4 Å². The fourth-order valence-corrected chi connectivity index (χ4v) is 5.15. The Morgan fingerprint density at radius 2 is 1.72 bits per heavy atom. The Balaban J connectivity index is 1.73. The van der Waals surface area contributed by atoms with Gasteiger partial charge in [-0.2, -0.15) is 13.2 Å². The van der Waals surface area contributed by atoms with Gasteiger partial charge in [-0.3, -0.25) is 0 Å². The Bertz CT molecular complexity index is 885. The second-order valence-corrected chi connectivity index (χ2v) is 8.67. The number of rotatable bonds is 4. The first kappa shape index (κ1) is 20.4. The van der Waals surface area contributed by atoms with Crippen LogP contribution in [-0.4, -0.2) is 18.8 Å². The predicted octanol–water partition coefficient (Wildman–Crippen LogP) is 5.78. The van der Waals surface area contributed by atoms with Crippen LogP contribution in [0.2, 0.25) is 0 Å². The molecule has 0 spiro atoms. The fraction of sp³-hybridized carbons (Fsp3) is 0.500. The number of fused-ring (bicyclic) bond motifs is 3. The van der Waals surface area contributed by atoms with Crippen molar-refractivity contribution in [3.8, 4) is 0 Å². The third-order valence-corrected chi connectivity index (χ3v) is 7.00. The molecular formula is C24H27F4N. The lowest BCUT2D eigenvalue weighted by atomic mass is 9.63. The lowest BCUT2D eigenvalue weighted by Gasteiger charge is -2.42. The van der Waals surface area contributed by atoms with Crippen molar-refractivity contribution < 1.29 is 17.6 Å². The molecule has 1 aliphatic heterocycles. The van der Waals surface area contributed by atoms with Crippen molar-refractivity contribution >= 4 is 0 Å². The minimum absolute atomic E-state index is 0.148. The number of benzene rings is 2. The molecule has 2 aromatic rings. The maximum Gasteiger partial charge on any atom is 0.426 e. The van der Waals surface area contributed by atoms with Crippen LogP contribution in [0.25, 0.3) is 0 Å². The maximum atomic E-state index is 14.5. The van der Waals surface area contributed by atoms with Gasteiger partial charge in [0, 0.05) is 11.5 Å². The van der Waals surface area contributed by atoms with Crippen LogP contribution in [0.3, 0.4) is 0 Å². The number of halogens is 4. The number of hydrogen-bond donors (Lipinski definition) is 1. The summed E-state index contributed by atoms with van der Waals surface area (Å²) in [6, 6.07) is 13.5. The molecule has 2 aliphatic rings. The first-order valence-electron chi connectivity index (χ1n) is 10.4. The molecule has 2 aromatic carbocycles. The molecular weight excluding hydrogens is 378 g/mol. The number of hydrogen-bond acceptors (Lipinski definition) is 1. The van der Waals surface area contributed by atoms with Crippen LogP contribution >= 0.6 is 0 Å². The van der Waals surface area contributed by atoms with E-state index in [1.807, 2.05) is 0 Å². The summed E-state index contributed by atoms with van der Waals surface area (Å²) >= 11 is 0. The minimum atomic E-state index is -4.92. The Labute approximate surface area is 169 Å². The van der Waals surface area contributed by atoms with Gasteiger partial charge in [-0.1, -0.05) is 49.4 Å². The molecule has 156 valence electrons. The van der Waals surface area contributed by atoms with Crippen molar-refractivity contribution in [2.75, 3.05) is 6.54 Å². The summed E-state index contributed by atoms with van der Waals surface area (Å²) in [7, 11) is 0. The van der Waals surface area contributed by atoms with E-state index in [9.17, 15) is 17.6 Å². The topological polar surface area (TPSA) is 12.0 Å². The van der Waals surface area contributed by atoms with Crippen molar-refractivity contribution in [3.63, 3.8) is 0 Å². The standard InChI is InChI=1S/C24H27F4N/c1-3-16-4-6-17(7-5-16)15-23-12-13-29-21(23)11-8-18-14-19(9-10-20(18)23)22(2,25)24(26,27)28/h4-7,9-10,14,21,29H,3,8,11-13,15H2,1-2H3. The normalized spacial score (nSPS) is 25.9. The molecule has 0 saturated carbocycles. The van der Waals surface area contributed by atoms with Crippen LogP contribution in [0.1, 0.15) is 54.5 Å². The molecule has 1 aliphatic carbocycles. The van der Waals surface area contributed by atoms with Crippen LogP contribution in [0, 0.1) is 0 Å². The molecule has 1 N–H and O–H groups in total. The molecule has 0 bridgehead atoms. The second kappa shape index (κ2) is 7.12. The van der Waals surface area contributed by atoms with E-state index in [0.29, 0.717) is 19.4 Å². The number of aryl methyl sites for hydroxylation is 2. The SMILES string of the molecule is CCc1ccc(CC23CCNC2CCc2cc(C(C)(F)C(F)(F)F)ccc23)cc1. The number of alkyl halides is 4.